The van der Waals surface area contributed by atoms with Crippen LogP contribution in [0, 0.1) is 5.41 Å². The van der Waals surface area contributed by atoms with Crippen molar-refractivity contribution in [2.45, 2.75) is 25.8 Å². The van der Waals surface area contributed by atoms with E-state index in [0.29, 0.717) is 5.92 Å². The summed E-state index contributed by atoms with van der Waals surface area (Å²) in [5.74, 6) is 1.32. The quantitative estimate of drug-likeness (QED) is 0.896. The number of hydrogen-bond donors (Lipinski definition) is 1. The molecule has 82 valence electrons. The lowest BCUT2D eigenvalue weighted by atomic mass is 10.0. The molecule has 0 amide bonds. The molecule has 0 aliphatic heterocycles. The van der Waals surface area contributed by atoms with Gasteiger partial charge in [-0.1, -0.05) is 35.8 Å². The van der Waals surface area contributed by atoms with Crippen molar-refractivity contribution in [1.82, 2.24) is 0 Å². The summed E-state index contributed by atoms with van der Waals surface area (Å²) in [4.78, 5) is 0. The molecule has 2 N–H and O–H groups in total. The van der Waals surface area contributed by atoms with Gasteiger partial charge in [0.25, 0.3) is 0 Å². The molecule has 0 bridgehead atoms. The summed E-state index contributed by atoms with van der Waals surface area (Å²) in [6.45, 7) is 4.39. The summed E-state index contributed by atoms with van der Waals surface area (Å²) in [6.07, 6.45) is 0. The van der Waals surface area contributed by atoms with Gasteiger partial charge in [0.1, 0.15) is 5.75 Å². The van der Waals surface area contributed by atoms with Crippen LogP contribution in [-0.4, -0.2) is 13.2 Å². The highest BCUT2D eigenvalue weighted by atomic mass is 79.9. The lowest BCUT2D eigenvalue weighted by Crippen LogP contribution is -2.06. The molecule has 0 aromatic heterocycles. The largest absolute Gasteiger partial charge is 0.496 e. The standard InChI is InChI=1S/C12H16BrNO/c1-12(2)10(11(12)14)9-7(13)5-4-6-8(9)15-3/h4-6,10-11H,14H2,1-3H3. The molecule has 0 spiro atoms. The lowest BCUT2D eigenvalue weighted by Gasteiger charge is -2.11. The molecule has 0 heterocycles. The molecule has 3 heteroatoms. The Labute approximate surface area is 98.9 Å². The van der Waals surface area contributed by atoms with Crippen molar-refractivity contribution in [3.05, 3.63) is 28.2 Å². The predicted molar refractivity (Wildman–Crippen MR) is 65.2 cm³/mol. The fraction of sp³-hybridized carbons (Fsp3) is 0.500. The van der Waals surface area contributed by atoms with Crippen molar-refractivity contribution in [1.29, 1.82) is 0 Å². The Kier molecular flexibility index (Phi) is 2.55. The van der Waals surface area contributed by atoms with Gasteiger partial charge in [-0.2, -0.15) is 0 Å². The zero-order valence-electron chi connectivity index (χ0n) is 9.25. The van der Waals surface area contributed by atoms with Gasteiger partial charge in [0.05, 0.1) is 7.11 Å². The Morgan fingerprint density at radius 3 is 2.47 bits per heavy atom. The average Bonchev–Trinajstić information content (AvgIpc) is 2.66. The second kappa shape index (κ2) is 3.49. The second-order valence-electron chi connectivity index (χ2n) is 4.68. The van der Waals surface area contributed by atoms with Crippen LogP contribution >= 0.6 is 15.9 Å². The maximum Gasteiger partial charge on any atom is 0.123 e. The highest BCUT2D eigenvalue weighted by molar-refractivity contribution is 9.10. The third-order valence-electron chi connectivity index (χ3n) is 3.45. The van der Waals surface area contributed by atoms with Crippen molar-refractivity contribution >= 4 is 15.9 Å². The molecule has 1 aliphatic carbocycles. The SMILES string of the molecule is COc1cccc(Br)c1C1C(N)C1(C)C. The molecule has 1 aromatic rings. The van der Waals surface area contributed by atoms with Gasteiger partial charge >= 0.3 is 0 Å². The molecule has 2 rings (SSSR count). The fourth-order valence-corrected chi connectivity index (χ4v) is 2.82. The number of ether oxygens (including phenoxy) is 1. The first-order chi connectivity index (χ1) is 7.00. The average molecular weight is 270 g/mol. The third-order valence-corrected chi connectivity index (χ3v) is 4.15. The smallest absolute Gasteiger partial charge is 0.123 e. The highest BCUT2D eigenvalue weighted by Gasteiger charge is 2.57. The summed E-state index contributed by atoms with van der Waals surface area (Å²) in [5, 5.41) is 0. The van der Waals surface area contributed by atoms with Gasteiger partial charge in [-0.25, -0.2) is 0 Å². The van der Waals surface area contributed by atoms with Gasteiger partial charge in [-0.05, 0) is 17.5 Å². The first-order valence-corrected chi connectivity index (χ1v) is 5.87. The molecule has 1 fully saturated rings. The Morgan fingerprint density at radius 1 is 1.40 bits per heavy atom. The minimum atomic E-state index is 0.178. The summed E-state index contributed by atoms with van der Waals surface area (Å²) < 4.78 is 6.47. The maximum absolute atomic E-state index is 6.09. The Morgan fingerprint density at radius 2 is 2.00 bits per heavy atom. The first-order valence-electron chi connectivity index (χ1n) is 5.08. The van der Waals surface area contributed by atoms with Crippen molar-refractivity contribution in [2.24, 2.45) is 11.1 Å². The molecule has 2 atom stereocenters. The molecular weight excluding hydrogens is 254 g/mol. The summed E-state index contributed by atoms with van der Waals surface area (Å²) in [7, 11) is 1.70. The van der Waals surface area contributed by atoms with E-state index >= 15 is 0 Å². The number of halogens is 1. The normalized spacial score (nSPS) is 27.5. The summed E-state index contributed by atoms with van der Waals surface area (Å²) in [6, 6.07) is 6.23. The van der Waals surface area contributed by atoms with E-state index in [-0.39, 0.29) is 11.5 Å². The van der Waals surface area contributed by atoms with Crippen LogP contribution in [0.25, 0.3) is 0 Å². The minimum absolute atomic E-state index is 0.178. The third kappa shape index (κ3) is 1.58. The van der Waals surface area contributed by atoms with Crippen LogP contribution in [0.1, 0.15) is 25.3 Å². The first kappa shape index (κ1) is 11.0. The molecule has 0 saturated heterocycles. The molecule has 2 unspecified atom stereocenters. The monoisotopic (exact) mass is 269 g/mol. The number of nitrogens with two attached hydrogens (primary N) is 1. The zero-order valence-corrected chi connectivity index (χ0v) is 10.8. The van der Waals surface area contributed by atoms with Gasteiger partial charge in [0.2, 0.25) is 0 Å². The summed E-state index contributed by atoms with van der Waals surface area (Å²) >= 11 is 3.57. The van der Waals surface area contributed by atoms with Gasteiger partial charge in [-0.3, -0.25) is 0 Å². The zero-order chi connectivity index (χ0) is 11.2. The van der Waals surface area contributed by atoms with Gasteiger partial charge in [0.15, 0.2) is 0 Å². The molecule has 0 radical (unpaired) electrons. The number of hydrogen-bond acceptors (Lipinski definition) is 2. The molecule has 15 heavy (non-hydrogen) atoms. The fourth-order valence-electron chi connectivity index (χ4n) is 2.23. The van der Waals surface area contributed by atoms with Crippen LogP contribution < -0.4 is 10.5 Å². The van der Waals surface area contributed by atoms with Crippen molar-refractivity contribution < 1.29 is 4.74 Å². The van der Waals surface area contributed by atoms with Crippen LogP contribution in [0.15, 0.2) is 22.7 Å². The molecule has 1 aromatic carbocycles. The predicted octanol–water partition coefficient (Wildman–Crippen LogP) is 2.91. The van der Waals surface area contributed by atoms with E-state index in [4.69, 9.17) is 10.5 Å². The van der Waals surface area contributed by atoms with E-state index in [1.165, 1.54) is 5.56 Å². The Hall–Kier alpha value is -0.540. The highest BCUT2D eigenvalue weighted by Crippen LogP contribution is 2.60. The van der Waals surface area contributed by atoms with E-state index in [2.05, 4.69) is 29.8 Å². The molecule has 1 aliphatic rings. The molecule has 2 nitrogen and oxygen atoms in total. The topological polar surface area (TPSA) is 35.2 Å². The summed E-state index contributed by atoms with van der Waals surface area (Å²) in [5.41, 5.74) is 7.48. The maximum atomic E-state index is 6.09. The van der Waals surface area contributed by atoms with Crippen LogP contribution in [0.3, 0.4) is 0 Å². The van der Waals surface area contributed by atoms with Crippen LogP contribution in [0.4, 0.5) is 0 Å². The van der Waals surface area contributed by atoms with Gasteiger partial charge < -0.3 is 10.5 Å². The number of benzene rings is 1. The van der Waals surface area contributed by atoms with E-state index in [1.807, 2.05) is 18.2 Å². The van der Waals surface area contributed by atoms with Crippen LogP contribution in [0.2, 0.25) is 0 Å². The van der Waals surface area contributed by atoms with E-state index in [1.54, 1.807) is 7.11 Å². The second-order valence-corrected chi connectivity index (χ2v) is 5.53. The minimum Gasteiger partial charge on any atom is -0.496 e. The van der Waals surface area contributed by atoms with Crippen LogP contribution in [0.5, 0.6) is 5.75 Å². The molecule has 1 saturated carbocycles. The van der Waals surface area contributed by atoms with E-state index in [9.17, 15) is 0 Å². The Bertz CT molecular complexity index is 389. The lowest BCUT2D eigenvalue weighted by molar-refractivity contribution is 0.407. The Balaban J connectivity index is 2.45. The molecular formula is C12H16BrNO. The van der Waals surface area contributed by atoms with Crippen LogP contribution in [-0.2, 0) is 0 Å². The van der Waals surface area contributed by atoms with Crippen molar-refractivity contribution in [2.75, 3.05) is 7.11 Å². The van der Waals surface area contributed by atoms with Crippen molar-refractivity contribution in [3.63, 3.8) is 0 Å². The van der Waals surface area contributed by atoms with Gasteiger partial charge in [0, 0.05) is 22.0 Å². The number of rotatable bonds is 2. The van der Waals surface area contributed by atoms with Crippen molar-refractivity contribution in [3.8, 4) is 5.75 Å². The van der Waals surface area contributed by atoms with Gasteiger partial charge in [-0.15, -0.1) is 0 Å². The van der Waals surface area contributed by atoms with E-state index in [0.717, 1.165) is 10.2 Å². The number of methoxy groups -OCH3 is 1. The van der Waals surface area contributed by atoms with E-state index < -0.39 is 0 Å².